The molecule has 0 bridgehead atoms. The van der Waals surface area contributed by atoms with Gasteiger partial charge in [0.2, 0.25) is 0 Å². The summed E-state index contributed by atoms with van der Waals surface area (Å²) in [7, 11) is 0. The number of carbonyl (C=O) groups excluding carboxylic acids is 1. The van der Waals surface area contributed by atoms with Crippen LogP contribution in [0.1, 0.15) is 0 Å². The summed E-state index contributed by atoms with van der Waals surface area (Å²) in [6, 6.07) is 8.81. The minimum atomic E-state index is -0.497. The number of hydrogen-bond donors (Lipinski definition) is 2. The Balaban J connectivity index is 2.23. The van der Waals surface area contributed by atoms with E-state index in [1.54, 1.807) is 4.52 Å². The van der Waals surface area contributed by atoms with Crippen molar-refractivity contribution in [3.8, 4) is 0 Å². The summed E-state index contributed by atoms with van der Waals surface area (Å²) in [5.74, 6) is 0.927. The second-order valence-corrected chi connectivity index (χ2v) is 4.01. The van der Waals surface area contributed by atoms with Crippen LogP contribution in [0.4, 0.5) is 10.5 Å². The summed E-state index contributed by atoms with van der Waals surface area (Å²) in [5.41, 5.74) is 9.15. The fraction of sp³-hybridized carbons (Fsp3) is 0.222. The number of rotatable bonds is 2. The van der Waals surface area contributed by atoms with Gasteiger partial charge in [0.25, 0.3) is 0 Å². The molecule has 0 spiro atoms. The zero-order valence-corrected chi connectivity index (χ0v) is 8.91. The highest BCUT2D eigenvalue weighted by atomic mass is 32.2. The van der Waals surface area contributed by atoms with Gasteiger partial charge in [-0.05, 0) is 24.1 Å². The summed E-state index contributed by atoms with van der Waals surface area (Å²) in [4.78, 5) is 11.3. The molecule has 0 saturated carbocycles. The van der Waals surface area contributed by atoms with E-state index in [-0.39, 0.29) is 0 Å². The first kappa shape index (κ1) is 10.3. The van der Waals surface area contributed by atoms with E-state index in [0.717, 1.165) is 18.0 Å². The molecule has 0 aromatic heterocycles. The lowest BCUT2D eigenvalue weighted by atomic mass is 10.3. The Labute approximate surface area is 92.3 Å². The fourth-order valence-electron chi connectivity index (χ4n) is 1.34. The number of nitrogens with one attached hydrogen (secondary N) is 1. The van der Waals surface area contributed by atoms with Gasteiger partial charge in [-0.3, -0.25) is 0 Å². The van der Waals surface area contributed by atoms with E-state index < -0.39 is 6.03 Å². The molecule has 1 heterocycles. The number of anilines is 1. The predicted octanol–water partition coefficient (Wildman–Crippen LogP) is 0.955. The molecule has 1 aromatic carbocycles. The minimum absolute atomic E-state index is 0.497. The van der Waals surface area contributed by atoms with Crippen LogP contribution in [0.25, 0.3) is 0 Å². The molecule has 80 valence electrons. The van der Waals surface area contributed by atoms with Gasteiger partial charge in [0.15, 0.2) is 0 Å². The molecule has 1 saturated heterocycles. The van der Waals surface area contributed by atoms with Crippen LogP contribution in [0.15, 0.2) is 30.3 Å². The lowest BCUT2D eigenvalue weighted by Gasteiger charge is -2.27. The van der Waals surface area contributed by atoms with Crippen molar-refractivity contribution in [1.82, 2.24) is 9.95 Å². The van der Waals surface area contributed by atoms with Crippen LogP contribution < -0.4 is 16.2 Å². The van der Waals surface area contributed by atoms with Gasteiger partial charge >= 0.3 is 6.03 Å². The van der Waals surface area contributed by atoms with E-state index in [1.807, 2.05) is 30.3 Å². The van der Waals surface area contributed by atoms with Crippen molar-refractivity contribution in [2.75, 3.05) is 17.3 Å². The molecule has 0 unspecified atom stereocenters. The van der Waals surface area contributed by atoms with Crippen molar-refractivity contribution in [2.45, 2.75) is 0 Å². The Morgan fingerprint density at radius 2 is 2.20 bits per heavy atom. The largest absolute Gasteiger partial charge is 0.350 e. The molecule has 1 aliphatic rings. The maximum Gasteiger partial charge on any atom is 0.335 e. The Morgan fingerprint density at radius 3 is 2.73 bits per heavy atom. The van der Waals surface area contributed by atoms with Gasteiger partial charge in [-0.1, -0.05) is 22.7 Å². The molecule has 2 rings (SSSR count). The molecule has 0 radical (unpaired) electrons. The number of hydrazine groups is 2. The lowest BCUT2D eigenvalue weighted by Crippen LogP contribution is -2.49. The SMILES string of the molecule is NC(=O)N(c1ccccc1)N1NCCS1. The molecule has 3 N–H and O–H groups in total. The van der Waals surface area contributed by atoms with E-state index in [4.69, 9.17) is 5.73 Å². The van der Waals surface area contributed by atoms with E-state index in [0.29, 0.717) is 0 Å². The smallest absolute Gasteiger partial charge is 0.335 e. The minimum Gasteiger partial charge on any atom is -0.350 e. The first-order chi connectivity index (χ1) is 7.29. The number of nitrogens with zero attached hydrogens (tertiary/aromatic N) is 2. The van der Waals surface area contributed by atoms with Gasteiger partial charge < -0.3 is 5.73 Å². The number of amides is 2. The zero-order valence-electron chi connectivity index (χ0n) is 8.09. The second kappa shape index (κ2) is 4.52. The van der Waals surface area contributed by atoms with Gasteiger partial charge in [-0.15, -0.1) is 0 Å². The lowest BCUT2D eigenvalue weighted by molar-refractivity contribution is 0.239. The molecule has 6 heteroatoms. The molecule has 0 atom stereocenters. The highest BCUT2D eigenvalue weighted by Gasteiger charge is 2.24. The van der Waals surface area contributed by atoms with Gasteiger partial charge in [-0.2, -0.15) is 0 Å². The number of para-hydroxylation sites is 1. The molecule has 1 aliphatic heterocycles. The van der Waals surface area contributed by atoms with Crippen molar-refractivity contribution in [2.24, 2.45) is 5.73 Å². The molecule has 15 heavy (non-hydrogen) atoms. The Kier molecular flexibility index (Phi) is 3.10. The highest BCUT2D eigenvalue weighted by molar-refractivity contribution is 7.97. The van der Waals surface area contributed by atoms with Crippen LogP contribution >= 0.6 is 11.9 Å². The van der Waals surface area contributed by atoms with Crippen molar-refractivity contribution >= 4 is 23.7 Å². The van der Waals surface area contributed by atoms with Crippen LogP contribution in [0, 0.1) is 0 Å². The van der Waals surface area contributed by atoms with Crippen LogP contribution in [-0.2, 0) is 0 Å². The predicted molar refractivity (Wildman–Crippen MR) is 60.8 cm³/mol. The number of hydrogen-bond acceptors (Lipinski definition) is 4. The summed E-state index contributed by atoms with van der Waals surface area (Å²) >= 11 is 1.52. The van der Waals surface area contributed by atoms with Crippen LogP contribution in [0.2, 0.25) is 0 Å². The topological polar surface area (TPSA) is 61.6 Å². The van der Waals surface area contributed by atoms with Crippen LogP contribution in [0.3, 0.4) is 0 Å². The van der Waals surface area contributed by atoms with Crippen molar-refractivity contribution in [3.63, 3.8) is 0 Å². The maximum atomic E-state index is 11.3. The van der Waals surface area contributed by atoms with E-state index in [9.17, 15) is 4.79 Å². The monoisotopic (exact) mass is 224 g/mol. The Bertz CT molecular complexity index is 339. The second-order valence-electron chi connectivity index (χ2n) is 3.00. The van der Waals surface area contributed by atoms with Crippen LogP contribution in [-0.4, -0.2) is 22.9 Å². The molecule has 1 fully saturated rings. The van der Waals surface area contributed by atoms with Crippen LogP contribution in [0.5, 0.6) is 0 Å². The average Bonchev–Trinajstić information content (AvgIpc) is 2.72. The quantitative estimate of drug-likeness (QED) is 0.734. The Morgan fingerprint density at radius 1 is 1.47 bits per heavy atom. The molecule has 0 aliphatic carbocycles. The first-order valence-corrected chi connectivity index (χ1v) is 5.54. The fourth-order valence-corrected chi connectivity index (χ4v) is 2.17. The van der Waals surface area contributed by atoms with E-state index in [1.165, 1.54) is 17.0 Å². The highest BCUT2D eigenvalue weighted by Crippen LogP contribution is 2.22. The molecule has 2 amide bonds. The van der Waals surface area contributed by atoms with E-state index >= 15 is 0 Å². The van der Waals surface area contributed by atoms with Gasteiger partial charge in [0.05, 0.1) is 5.69 Å². The maximum absolute atomic E-state index is 11.3. The van der Waals surface area contributed by atoms with Gasteiger partial charge in [-0.25, -0.2) is 15.2 Å². The number of benzene rings is 1. The third-order valence-electron chi connectivity index (χ3n) is 1.95. The zero-order chi connectivity index (χ0) is 10.7. The van der Waals surface area contributed by atoms with E-state index in [2.05, 4.69) is 5.43 Å². The van der Waals surface area contributed by atoms with Gasteiger partial charge in [0, 0.05) is 12.3 Å². The third-order valence-corrected chi connectivity index (χ3v) is 2.88. The first-order valence-electron chi connectivity index (χ1n) is 4.60. The molecular formula is C9H12N4OS. The third kappa shape index (κ3) is 2.23. The standard InChI is InChI=1S/C9H12N4OS/c10-9(14)12(13-11-6-7-15-13)8-4-2-1-3-5-8/h1-5,11H,6-7H2,(H2,10,14). The van der Waals surface area contributed by atoms with Crippen molar-refractivity contribution in [3.05, 3.63) is 30.3 Å². The molecule has 1 aromatic rings. The number of nitrogens with two attached hydrogens (primary N) is 1. The summed E-state index contributed by atoms with van der Waals surface area (Å²) in [6.07, 6.45) is 0. The van der Waals surface area contributed by atoms with Gasteiger partial charge in [0.1, 0.15) is 0 Å². The van der Waals surface area contributed by atoms with Crippen molar-refractivity contribution < 1.29 is 4.79 Å². The average molecular weight is 224 g/mol. The number of carbonyl (C=O) groups is 1. The summed E-state index contributed by atoms with van der Waals surface area (Å²) in [5, 5.41) is 1.41. The normalized spacial score (nSPS) is 16.5. The molecular weight excluding hydrogens is 212 g/mol. The number of urea groups is 1. The number of primary amides is 1. The summed E-state index contributed by atoms with van der Waals surface area (Å²) < 4.78 is 1.66. The Hall–Kier alpha value is -1.24. The van der Waals surface area contributed by atoms with Crippen molar-refractivity contribution in [1.29, 1.82) is 0 Å². The summed E-state index contributed by atoms with van der Waals surface area (Å²) in [6.45, 7) is 0.835. The molecule has 5 nitrogen and oxygen atoms in total.